The van der Waals surface area contributed by atoms with Crippen molar-refractivity contribution in [2.45, 2.75) is 25.9 Å². The Kier molecular flexibility index (Phi) is 3.22. The van der Waals surface area contributed by atoms with E-state index in [-0.39, 0.29) is 5.75 Å². The minimum atomic E-state index is -2.66. The molecule has 2 rings (SSSR count). The molecule has 0 saturated heterocycles. The Labute approximate surface area is 119 Å². The third-order valence-electron chi connectivity index (χ3n) is 2.64. The van der Waals surface area contributed by atoms with Crippen molar-refractivity contribution in [3.05, 3.63) is 42.5 Å². The van der Waals surface area contributed by atoms with E-state index in [1.807, 2.05) is 24.3 Å². The van der Waals surface area contributed by atoms with Crippen LogP contribution in [0.5, 0.6) is 5.75 Å². The summed E-state index contributed by atoms with van der Waals surface area (Å²) in [4.78, 5) is 0. The van der Waals surface area contributed by atoms with E-state index >= 15 is 0 Å². The van der Waals surface area contributed by atoms with E-state index < -0.39 is 25.2 Å². The maximum absolute atomic E-state index is 10.2. The fraction of sp³-hybridized carbons (Fsp3) is 0.375. The van der Waals surface area contributed by atoms with E-state index in [2.05, 4.69) is 5.32 Å². The van der Waals surface area contributed by atoms with Gasteiger partial charge < -0.3 is 15.2 Å². The Morgan fingerprint density at radius 3 is 2.79 bits per heavy atom. The zero-order valence-electron chi connectivity index (χ0n) is 15.1. The van der Waals surface area contributed by atoms with Crippen molar-refractivity contribution in [3.8, 4) is 5.75 Å². The van der Waals surface area contributed by atoms with Gasteiger partial charge in [-0.1, -0.05) is 50.2 Å². The summed E-state index contributed by atoms with van der Waals surface area (Å²) < 4.78 is 36.8. The largest absolute Gasteiger partial charge is 0.490 e. The van der Waals surface area contributed by atoms with E-state index in [1.165, 1.54) is 0 Å². The molecule has 0 heterocycles. The lowest BCUT2D eigenvalue weighted by Gasteiger charge is -2.15. The van der Waals surface area contributed by atoms with E-state index in [1.54, 1.807) is 32.0 Å². The van der Waals surface area contributed by atoms with E-state index in [4.69, 9.17) is 10.2 Å². The van der Waals surface area contributed by atoms with Crippen molar-refractivity contribution in [2.75, 3.05) is 13.1 Å². The third-order valence-corrected chi connectivity index (χ3v) is 2.64. The van der Waals surface area contributed by atoms with Gasteiger partial charge in [-0.25, -0.2) is 0 Å². The summed E-state index contributed by atoms with van der Waals surface area (Å²) in [5, 5.41) is 14.3. The first-order chi connectivity index (χ1) is 10.5. The summed E-state index contributed by atoms with van der Waals surface area (Å²) in [7, 11) is 0. The molecular formula is C16H21NO2. The summed E-state index contributed by atoms with van der Waals surface area (Å²) in [5.74, 6) is 0.254. The highest BCUT2D eigenvalue weighted by atomic mass is 16.5. The van der Waals surface area contributed by atoms with Crippen LogP contribution in [0.3, 0.4) is 0 Å². The van der Waals surface area contributed by atoms with Gasteiger partial charge in [0.05, 0.1) is 4.11 Å². The molecule has 3 nitrogen and oxygen atoms in total. The molecule has 2 N–H and O–H groups in total. The van der Waals surface area contributed by atoms with Gasteiger partial charge in [-0.05, 0) is 11.5 Å². The molecule has 0 saturated carbocycles. The Bertz CT molecular complexity index is 678. The molecule has 1 atom stereocenters. The number of fused-ring (bicyclic) bond motifs is 1. The van der Waals surface area contributed by atoms with Crippen molar-refractivity contribution in [1.29, 1.82) is 0 Å². The van der Waals surface area contributed by atoms with Gasteiger partial charge in [0, 0.05) is 19.3 Å². The minimum Gasteiger partial charge on any atom is -0.490 e. The van der Waals surface area contributed by atoms with Crippen LogP contribution in [-0.4, -0.2) is 30.3 Å². The van der Waals surface area contributed by atoms with E-state index in [9.17, 15) is 5.11 Å². The van der Waals surface area contributed by atoms with Crippen LogP contribution in [0.1, 0.15) is 19.3 Å². The molecule has 3 heteroatoms. The van der Waals surface area contributed by atoms with Gasteiger partial charge in [-0.2, -0.15) is 0 Å². The maximum Gasteiger partial charge on any atom is 0.127 e. The Morgan fingerprint density at radius 1 is 1.26 bits per heavy atom. The van der Waals surface area contributed by atoms with E-state index in [0.29, 0.717) is 5.39 Å². The zero-order chi connectivity index (χ0) is 17.3. The molecule has 0 aromatic heterocycles. The summed E-state index contributed by atoms with van der Waals surface area (Å²) >= 11 is 0. The molecule has 1 unspecified atom stereocenters. The topological polar surface area (TPSA) is 41.5 Å². The summed E-state index contributed by atoms with van der Waals surface area (Å²) in [6.45, 7) is -0.00886. The summed E-state index contributed by atoms with van der Waals surface area (Å²) in [6.07, 6.45) is -2.55. The van der Waals surface area contributed by atoms with E-state index in [0.717, 1.165) is 5.39 Å². The number of hydrogen-bond acceptors (Lipinski definition) is 3. The van der Waals surface area contributed by atoms with Gasteiger partial charge >= 0.3 is 0 Å². The Morgan fingerprint density at radius 2 is 2.00 bits per heavy atom. The van der Waals surface area contributed by atoms with Crippen LogP contribution in [0.2, 0.25) is 0 Å². The second kappa shape index (κ2) is 6.55. The SMILES string of the molecule is [2H]C(C)(C)NCC([2H])(O)C([2H])([2H])Oc1cccc2ccccc12. The normalized spacial score (nSPS) is 18.9. The number of hydrogen-bond donors (Lipinski definition) is 2. The first-order valence-corrected chi connectivity index (χ1v) is 6.16. The average Bonchev–Trinajstić information content (AvgIpc) is 2.44. The lowest BCUT2D eigenvalue weighted by molar-refractivity contribution is 0.105. The van der Waals surface area contributed by atoms with Crippen LogP contribution in [0, 0.1) is 0 Å². The molecule has 0 radical (unpaired) electrons. The van der Waals surface area contributed by atoms with Gasteiger partial charge in [0.1, 0.15) is 18.4 Å². The van der Waals surface area contributed by atoms with Gasteiger partial charge in [0.2, 0.25) is 0 Å². The predicted molar refractivity (Wildman–Crippen MR) is 78.6 cm³/mol. The highest BCUT2D eigenvalue weighted by molar-refractivity contribution is 5.88. The first-order valence-electron chi connectivity index (χ1n) is 8.16. The predicted octanol–water partition coefficient (Wildman–Crippen LogP) is 2.58. The molecule has 102 valence electrons. The monoisotopic (exact) mass is 263 g/mol. The summed E-state index contributed by atoms with van der Waals surface area (Å²) in [5.41, 5.74) is 0. The number of nitrogens with one attached hydrogen (secondary N) is 1. The molecule has 0 spiro atoms. The molecule has 0 aliphatic carbocycles. The molecule has 0 aliphatic rings. The molecular weight excluding hydrogens is 238 g/mol. The Hall–Kier alpha value is -1.58. The zero-order valence-corrected chi connectivity index (χ0v) is 11.1. The van der Waals surface area contributed by atoms with Crippen LogP contribution in [-0.2, 0) is 0 Å². The minimum absolute atomic E-state index is 0.254. The number of ether oxygens (including phenoxy) is 1. The van der Waals surface area contributed by atoms with Crippen molar-refractivity contribution < 1.29 is 15.3 Å². The third kappa shape index (κ3) is 3.94. The molecule has 0 bridgehead atoms. The van der Waals surface area contributed by atoms with Crippen molar-refractivity contribution in [2.24, 2.45) is 0 Å². The fourth-order valence-electron chi connectivity index (χ4n) is 1.70. The van der Waals surface area contributed by atoms with Crippen molar-refractivity contribution in [3.63, 3.8) is 0 Å². The Balaban J connectivity index is 2.25. The molecule has 19 heavy (non-hydrogen) atoms. The number of rotatable bonds is 6. The van der Waals surface area contributed by atoms with Crippen molar-refractivity contribution in [1.82, 2.24) is 5.32 Å². The maximum atomic E-state index is 10.2. The number of benzene rings is 2. The number of aliphatic hydroxyl groups is 1. The lowest BCUT2D eigenvalue weighted by atomic mass is 10.1. The summed E-state index contributed by atoms with van der Waals surface area (Å²) in [6, 6.07) is 11.4. The van der Waals surface area contributed by atoms with Gasteiger partial charge in [0.25, 0.3) is 0 Å². The smallest absolute Gasteiger partial charge is 0.127 e. The highest BCUT2D eigenvalue weighted by Crippen LogP contribution is 2.25. The van der Waals surface area contributed by atoms with Gasteiger partial charge in [0.15, 0.2) is 0 Å². The van der Waals surface area contributed by atoms with Crippen molar-refractivity contribution >= 4 is 10.8 Å². The van der Waals surface area contributed by atoms with Crippen LogP contribution in [0.4, 0.5) is 0 Å². The van der Waals surface area contributed by atoms with Crippen LogP contribution >= 0.6 is 0 Å². The standard InChI is InChI=1S/C16H21NO2/c1-12(2)17-10-14(18)11-19-16-9-5-7-13-6-3-4-8-15(13)16/h3-9,12,14,17-18H,10-11H2,1-2H3/i11D2,12D,14D. The average molecular weight is 263 g/mol. The fourth-order valence-corrected chi connectivity index (χ4v) is 1.70. The molecule has 0 amide bonds. The second-order valence-electron chi connectivity index (χ2n) is 4.48. The molecule has 0 aliphatic heterocycles. The molecule has 2 aromatic rings. The van der Waals surface area contributed by atoms with Crippen LogP contribution < -0.4 is 10.1 Å². The van der Waals surface area contributed by atoms with Gasteiger partial charge in [-0.15, -0.1) is 0 Å². The molecule has 2 aromatic carbocycles. The molecule has 0 fully saturated rings. The second-order valence-corrected chi connectivity index (χ2v) is 4.48. The highest BCUT2D eigenvalue weighted by Gasteiger charge is 2.07. The quantitative estimate of drug-likeness (QED) is 0.841. The van der Waals surface area contributed by atoms with Crippen LogP contribution in [0.15, 0.2) is 42.5 Å². The van der Waals surface area contributed by atoms with Crippen LogP contribution in [0.25, 0.3) is 10.8 Å². The van der Waals surface area contributed by atoms with Gasteiger partial charge in [-0.3, -0.25) is 0 Å². The lowest BCUT2D eigenvalue weighted by Crippen LogP contribution is -2.35. The first kappa shape index (κ1) is 9.34.